The fourth-order valence-corrected chi connectivity index (χ4v) is 8.41. The lowest BCUT2D eigenvalue weighted by Crippen LogP contribution is -2.50. The number of aliphatic hydroxyl groups is 1. The highest BCUT2D eigenvalue weighted by Crippen LogP contribution is 2.67. The number of rotatable bonds is 4. The molecule has 0 amide bonds. The monoisotopic (exact) mass is 372 g/mol. The normalized spacial score (nSPS) is 47.8. The first-order valence-electron chi connectivity index (χ1n) is 12.1. The highest BCUT2D eigenvalue weighted by molar-refractivity contribution is 5.25. The second-order valence-corrected chi connectivity index (χ2v) is 11.8. The standard InChI is InChI=1S/C26H44O/c1-17(2)6-7-18(3)22-10-11-23-21-9-8-19-16-20(27)12-14-25(19,4)24(21)13-15-26(22,23)5/h8,17-18,20-24,27H,6-7,9-16H2,1-5H3/t18-,20+,21?,22-,23?,24?,25+,26-/m1/s1. The van der Waals surface area contributed by atoms with Gasteiger partial charge in [0.25, 0.3) is 0 Å². The molecular formula is C26H44O. The van der Waals surface area contributed by atoms with E-state index in [4.69, 9.17) is 0 Å². The van der Waals surface area contributed by atoms with Crippen molar-refractivity contribution >= 4 is 0 Å². The molecule has 0 aliphatic heterocycles. The van der Waals surface area contributed by atoms with E-state index < -0.39 is 0 Å². The van der Waals surface area contributed by atoms with Gasteiger partial charge in [0, 0.05) is 0 Å². The summed E-state index contributed by atoms with van der Waals surface area (Å²) in [5.74, 6) is 5.44. The molecular weight excluding hydrogens is 328 g/mol. The van der Waals surface area contributed by atoms with E-state index in [1.165, 1.54) is 51.4 Å². The van der Waals surface area contributed by atoms with Crippen molar-refractivity contribution in [3.8, 4) is 0 Å². The first-order chi connectivity index (χ1) is 12.8. The molecule has 0 aromatic rings. The van der Waals surface area contributed by atoms with Gasteiger partial charge in [-0.15, -0.1) is 0 Å². The molecule has 3 saturated carbocycles. The summed E-state index contributed by atoms with van der Waals surface area (Å²) in [5, 5.41) is 10.2. The molecule has 3 unspecified atom stereocenters. The molecule has 0 bridgehead atoms. The van der Waals surface area contributed by atoms with E-state index in [-0.39, 0.29) is 6.10 Å². The first-order valence-corrected chi connectivity index (χ1v) is 12.1. The summed E-state index contributed by atoms with van der Waals surface area (Å²) >= 11 is 0. The lowest BCUT2D eigenvalue weighted by atomic mass is 9.47. The molecule has 27 heavy (non-hydrogen) atoms. The van der Waals surface area contributed by atoms with E-state index in [9.17, 15) is 5.11 Å². The van der Waals surface area contributed by atoms with Crippen LogP contribution in [0.5, 0.6) is 0 Å². The van der Waals surface area contributed by atoms with Crippen LogP contribution in [0.1, 0.15) is 98.8 Å². The van der Waals surface area contributed by atoms with Gasteiger partial charge < -0.3 is 5.11 Å². The molecule has 154 valence electrons. The lowest BCUT2D eigenvalue weighted by molar-refractivity contribution is -0.0574. The van der Waals surface area contributed by atoms with Crippen LogP contribution in [-0.2, 0) is 0 Å². The van der Waals surface area contributed by atoms with Crippen LogP contribution in [0.3, 0.4) is 0 Å². The van der Waals surface area contributed by atoms with Crippen molar-refractivity contribution in [2.24, 2.45) is 46.3 Å². The number of aliphatic hydroxyl groups excluding tert-OH is 1. The quantitative estimate of drug-likeness (QED) is 0.527. The average molecular weight is 373 g/mol. The van der Waals surface area contributed by atoms with Crippen molar-refractivity contribution in [3.05, 3.63) is 11.6 Å². The van der Waals surface area contributed by atoms with Gasteiger partial charge in [-0.2, -0.15) is 0 Å². The highest BCUT2D eigenvalue weighted by Gasteiger charge is 2.59. The minimum absolute atomic E-state index is 0.0765. The molecule has 4 aliphatic carbocycles. The Morgan fingerprint density at radius 3 is 2.52 bits per heavy atom. The Bertz CT molecular complexity index is 577. The number of fused-ring (bicyclic) bond motifs is 5. The summed E-state index contributed by atoms with van der Waals surface area (Å²) in [7, 11) is 0. The van der Waals surface area contributed by atoms with Gasteiger partial charge in [0.05, 0.1) is 6.10 Å². The molecule has 0 heterocycles. The largest absolute Gasteiger partial charge is 0.393 e. The first kappa shape index (κ1) is 20.0. The van der Waals surface area contributed by atoms with Crippen LogP contribution in [0.25, 0.3) is 0 Å². The Morgan fingerprint density at radius 2 is 1.78 bits per heavy atom. The number of hydrogen-bond donors (Lipinski definition) is 1. The zero-order chi connectivity index (χ0) is 19.4. The summed E-state index contributed by atoms with van der Waals surface area (Å²) in [6.07, 6.45) is 15.7. The third kappa shape index (κ3) is 3.24. The summed E-state index contributed by atoms with van der Waals surface area (Å²) in [4.78, 5) is 0. The molecule has 0 aromatic heterocycles. The second-order valence-electron chi connectivity index (χ2n) is 11.8. The maximum absolute atomic E-state index is 10.2. The van der Waals surface area contributed by atoms with Gasteiger partial charge in [0.2, 0.25) is 0 Å². The minimum atomic E-state index is -0.0765. The van der Waals surface area contributed by atoms with E-state index in [0.29, 0.717) is 10.8 Å². The van der Waals surface area contributed by atoms with Crippen LogP contribution >= 0.6 is 0 Å². The Balaban J connectivity index is 1.53. The summed E-state index contributed by atoms with van der Waals surface area (Å²) in [5.41, 5.74) is 2.60. The Kier molecular flexibility index (Phi) is 5.32. The number of hydrogen-bond acceptors (Lipinski definition) is 1. The lowest BCUT2D eigenvalue weighted by Gasteiger charge is -2.58. The SMILES string of the molecule is CC(C)CC[C@@H](C)[C@H]1CCC2C3CC=C4C[C@@H](O)CC[C@]4(C)C3CC[C@@]21C. The van der Waals surface area contributed by atoms with Crippen LogP contribution in [0.4, 0.5) is 0 Å². The van der Waals surface area contributed by atoms with E-state index in [0.717, 1.165) is 48.3 Å². The van der Waals surface area contributed by atoms with Gasteiger partial charge in [0.1, 0.15) is 0 Å². The molecule has 1 N–H and O–H groups in total. The third-order valence-electron chi connectivity index (χ3n) is 10.0. The molecule has 1 nitrogen and oxygen atoms in total. The van der Waals surface area contributed by atoms with Gasteiger partial charge in [-0.25, -0.2) is 0 Å². The molecule has 8 atom stereocenters. The topological polar surface area (TPSA) is 20.2 Å². The average Bonchev–Trinajstić information content (AvgIpc) is 2.97. The molecule has 3 fully saturated rings. The van der Waals surface area contributed by atoms with Crippen LogP contribution in [-0.4, -0.2) is 11.2 Å². The molecule has 0 saturated heterocycles. The summed E-state index contributed by atoms with van der Waals surface area (Å²) < 4.78 is 0. The Hall–Kier alpha value is -0.300. The zero-order valence-corrected chi connectivity index (χ0v) is 18.6. The van der Waals surface area contributed by atoms with Crippen molar-refractivity contribution in [2.45, 2.75) is 105 Å². The fourth-order valence-electron chi connectivity index (χ4n) is 8.41. The van der Waals surface area contributed by atoms with E-state index in [1.807, 2.05) is 0 Å². The molecule has 0 radical (unpaired) electrons. The summed E-state index contributed by atoms with van der Waals surface area (Å²) in [6.45, 7) is 12.6. The molecule has 0 spiro atoms. The van der Waals surface area contributed by atoms with Crippen molar-refractivity contribution in [3.63, 3.8) is 0 Å². The predicted octanol–water partition coefficient (Wildman–Crippen LogP) is 7.00. The Morgan fingerprint density at radius 1 is 1.00 bits per heavy atom. The van der Waals surface area contributed by atoms with Crippen molar-refractivity contribution in [2.75, 3.05) is 0 Å². The fraction of sp³-hybridized carbons (Fsp3) is 0.923. The van der Waals surface area contributed by atoms with Gasteiger partial charge in [0.15, 0.2) is 0 Å². The van der Waals surface area contributed by atoms with Crippen LogP contribution in [0.15, 0.2) is 11.6 Å². The smallest absolute Gasteiger partial charge is 0.0577 e. The number of allylic oxidation sites excluding steroid dienone is 1. The molecule has 4 aliphatic rings. The zero-order valence-electron chi connectivity index (χ0n) is 18.6. The molecule has 4 rings (SSSR count). The maximum Gasteiger partial charge on any atom is 0.0577 e. The van der Waals surface area contributed by atoms with Crippen molar-refractivity contribution in [1.29, 1.82) is 0 Å². The van der Waals surface area contributed by atoms with E-state index in [2.05, 4.69) is 40.7 Å². The van der Waals surface area contributed by atoms with Gasteiger partial charge >= 0.3 is 0 Å². The van der Waals surface area contributed by atoms with Crippen LogP contribution in [0.2, 0.25) is 0 Å². The van der Waals surface area contributed by atoms with Crippen molar-refractivity contribution < 1.29 is 5.11 Å². The maximum atomic E-state index is 10.2. The highest BCUT2D eigenvalue weighted by atomic mass is 16.3. The minimum Gasteiger partial charge on any atom is -0.393 e. The van der Waals surface area contributed by atoms with Gasteiger partial charge in [-0.3, -0.25) is 0 Å². The molecule has 0 aromatic carbocycles. The summed E-state index contributed by atoms with van der Waals surface area (Å²) in [6, 6.07) is 0. The van der Waals surface area contributed by atoms with Crippen molar-refractivity contribution in [1.82, 2.24) is 0 Å². The molecule has 1 heteroatoms. The van der Waals surface area contributed by atoms with Gasteiger partial charge in [-0.1, -0.05) is 59.1 Å². The second kappa shape index (κ2) is 7.19. The van der Waals surface area contributed by atoms with Crippen LogP contribution in [0, 0.1) is 46.3 Å². The van der Waals surface area contributed by atoms with E-state index >= 15 is 0 Å². The van der Waals surface area contributed by atoms with Crippen LogP contribution < -0.4 is 0 Å². The third-order valence-corrected chi connectivity index (χ3v) is 10.0. The predicted molar refractivity (Wildman–Crippen MR) is 114 cm³/mol. The van der Waals surface area contributed by atoms with Gasteiger partial charge in [-0.05, 0) is 97.7 Å². The Labute approximate surface area is 168 Å². The van der Waals surface area contributed by atoms with E-state index in [1.54, 1.807) is 5.57 Å².